The van der Waals surface area contributed by atoms with Crippen molar-refractivity contribution >= 4 is 11.6 Å². The van der Waals surface area contributed by atoms with Gasteiger partial charge in [-0.2, -0.15) is 22.0 Å². The van der Waals surface area contributed by atoms with Crippen LogP contribution in [-0.4, -0.2) is 24.6 Å². The standard InChI is InChI=1S/C12H10F5NO/c13-11(14,12(15,16)17)10(19)18-7-3-5-8-4-1-2-6-9(8)18/h1-2,4,6H,3,5,7H2. The molecule has 0 saturated heterocycles. The summed E-state index contributed by atoms with van der Waals surface area (Å²) in [6.07, 6.45) is -4.97. The Morgan fingerprint density at radius 2 is 1.74 bits per heavy atom. The highest BCUT2D eigenvalue weighted by atomic mass is 19.4. The van der Waals surface area contributed by atoms with Crippen molar-refractivity contribution in [1.29, 1.82) is 0 Å². The summed E-state index contributed by atoms with van der Waals surface area (Å²) < 4.78 is 62.8. The Morgan fingerprint density at radius 3 is 2.37 bits per heavy atom. The van der Waals surface area contributed by atoms with Crippen LogP contribution in [0.3, 0.4) is 0 Å². The molecule has 0 N–H and O–H groups in total. The number of carbonyl (C=O) groups is 1. The molecule has 1 amide bonds. The fourth-order valence-corrected chi connectivity index (χ4v) is 2.04. The Morgan fingerprint density at radius 1 is 1.11 bits per heavy atom. The van der Waals surface area contributed by atoms with Gasteiger partial charge >= 0.3 is 18.0 Å². The zero-order chi connectivity index (χ0) is 14.3. The third-order valence-electron chi connectivity index (χ3n) is 2.98. The van der Waals surface area contributed by atoms with Crippen LogP contribution in [0.1, 0.15) is 12.0 Å². The summed E-state index contributed by atoms with van der Waals surface area (Å²) in [5.41, 5.74) is 0.725. The second-order valence-corrected chi connectivity index (χ2v) is 4.26. The first kappa shape index (κ1) is 13.8. The number of para-hydroxylation sites is 1. The van der Waals surface area contributed by atoms with Crippen LogP contribution < -0.4 is 4.90 Å². The quantitative estimate of drug-likeness (QED) is 0.723. The maximum absolute atomic E-state index is 13.1. The van der Waals surface area contributed by atoms with Crippen molar-refractivity contribution in [3.8, 4) is 0 Å². The summed E-state index contributed by atoms with van der Waals surface area (Å²) in [4.78, 5) is 12.0. The number of amides is 1. The number of nitrogens with zero attached hydrogens (tertiary/aromatic N) is 1. The van der Waals surface area contributed by atoms with Crippen LogP contribution >= 0.6 is 0 Å². The number of hydrogen-bond donors (Lipinski definition) is 0. The van der Waals surface area contributed by atoms with Crippen LogP contribution in [0.4, 0.5) is 27.6 Å². The molecule has 0 radical (unpaired) electrons. The van der Waals surface area contributed by atoms with Crippen molar-refractivity contribution < 1.29 is 26.7 Å². The lowest BCUT2D eigenvalue weighted by atomic mass is 10.0. The van der Waals surface area contributed by atoms with Gasteiger partial charge in [0, 0.05) is 12.2 Å². The number of halogens is 5. The molecule has 104 valence electrons. The molecule has 0 saturated carbocycles. The molecule has 1 aromatic rings. The van der Waals surface area contributed by atoms with E-state index >= 15 is 0 Å². The van der Waals surface area contributed by atoms with Gasteiger partial charge in [-0.05, 0) is 24.5 Å². The van der Waals surface area contributed by atoms with Crippen LogP contribution in [0.2, 0.25) is 0 Å². The van der Waals surface area contributed by atoms with E-state index in [0.717, 1.165) is 0 Å². The van der Waals surface area contributed by atoms with Gasteiger partial charge in [-0.25, -0.2) is 0 Å². The van der Waals surface area contributed by atoms with Gasteiger partial charge in [0.15, 0.2) is 0 Å². The lowest BCUT2D eigenvalue weighted by molar-refractivity contribution is -0.268. The molecular weight excluding hydrogens is 269 g/mol. The Bertz CT molecular complexity index is 497. The third-order valence-corrected chi connectivity index (χ3v) is 2.98. The number of hydrogen-bond acceptors (Lipinski definition) is 1. The number of fused-ring (bicyclic) bond motifs is 1. The van der Waals surface area contributed by atoms with E-state index in [9.17, 15) is 26.7 Å². The van der Waals surface area contributed by atoms with E-state index in [4.69, 9.17) is 0 Å². The minimum absolute atomic E-state index is 0.127. The summed E-state index contributed by atoms with van der Waals surface area (Å²) >= 11 is 0. The summed E-state index contributed by atoms with van der Waals surface area (Å²) in [6.45, 7) is -0.137. The van der Waals surface area contributed by atoms with Gasteiger partial charge in [0.1, 0.15) is 0 Å². The fraction of sp³-hybridized carbons (Fsp3) is 0.417. The van der Waals surface area contributed by atoms with E-state index in [1.807, 2.05) is 0 Å². The van der Waals surface area contributed by atoms with Gasteiger partial charge in [0.05, 0.1) is 0 Å². The fourth-order valence-electron chi connectivity index (χ4n) is 2.04. The van der Waals surface area contributed by atoms with E-state index in [1.165, 1.54) is 12.1 Å². The minimum Gasteiger partial charge on any atom is -0.307 e. The highest BCUT2D eigenvalue weighted by Crippen LogP contribution is 2.39. The van der Waals surface area contributed by atoms with Gasteiger partial charge < -0.3 is 4.90 Å². The van der Waals surface area contributed by atoms with E-state index in [0.29, 0.717) is 23.3 Å². The van der Waals surface area contributed by atoms with Crippen LogP contribution in [0.5, 0.6) is 0 Å². The smallest absolute Gasteiger partial charge is 0.307 e. The van der Waals surface area contributed by atoms with E-state index in [2.05, 4.69) is 0 Å². The second-order valence-electron chi connectivity index (χ2n) is 4.26. The Labute approximate surface area is 105 Å². The highest BCUT2D eigenvalue weighted by Gasteiger charge is 2.64. The molecule has 0 atom stereocenters. The van der Waals surface area contributed by atoms with Crippen molar-refractivity contribution in [2.24, 2.45) is 0 Å². The molecule has 2 nitrogen and oxygen atoms in total. The zero-order valence-electron chi connectivity index (χ0n) is 9.68. The number of aryl methyl sites for hydroxylation is 1. The molecule has 0 fully saturated rings. The van der Waals surface area contributed by atoms with Crippen molar-refractivity contribution in [2.45, 2.75) is 24.9 Å². The molecule has 0 aromatic heterocycles. The average molecular weight is 279 g/mol. The first-order valence-electron chi connectivity index (χ1n) is 5.59. The molecule has 19 heavy (non-hydrogen) atoms. The molecule has 0 aliphatic carbocycles. The van der Waals surface area contributed by atoms with Gasteiger partial charge in [0.25, 0.3) is 0 Å². The van der Waals surface area contributed by atoms with Gasteiger partial charge in [-0.3, -0.25) is 4.79 Å². The molecule has 1 aliphatic heterocycles. The Balaban J connectivity index is 2.37. The zero-order valence-corrected chi connectivity index (χ0v) is 9.68. The average Bonchev–Trinajstić information content (AvgIpc) is 2.36. The molecule has 1 aliphatic rings. The molecule has 2 rings (SSSR count). The molecule has 1 aromatic carbocycles. The van der Waals surface area contributed by atoms with Gasteiger partial charge in [-0.1, -0.05) is 18.2 Å². The molecular formula is C12H10F5NO. The first-order valence-corrected chi connectivity index (χ1v) is 5.59. The van der Waals surface area contributed by atoms with Gasteiger partial charge in [0.2, 0.25) is 0 Å². The van der Waals surface area contributed by atoms with Crippen molar-refractivity contribution in [1.82, 2.24) is 0 Å². The summed E-state index contributed by atoms with van der Waals surface area (Å²) in [6, 6.07) is 6.13. The molecule has 0 spiro atoms. The van der Waals surface area contributed by atoms with E-state index in [-0.39, 0.29) is 12.2 Å². The summed E-state index contributed by atoms with van der Waals surface area (Å²) in [5, 5.41) is 0. The lowest BCUT2D eigenvalue weighted by Gasteiger charge is -2.32. The molecule has 0 unspecified atom stereocenters. The van der Waals surface area contributed by atoms with Crippen LogP contribution in [-0.2, 0) is 11.2 Å². The topological polar surface area (TPSA) is 20.3 Å². The number of carbonyl (C=O) groups excluding carboxylic acids is 1. The second kappa shape index (κ2) is 4.47. The molecule has 1 heterocycles. The van der Waals surface area contributed by atoms with Gasteiger partial charge in [-0.15, -0.1) is 0 Å². The monoisotopic (exact) mass is 279 g/mol. The Kier molecular flexibility index (Phi) is 3.24. The van der Waals surface area contributed by atoms with Crippen molar-refractivity contribution in [3.05, 3.63) is 29.8 Å². The first-order chi connectivity index (χ1) is 8.75. The van der Waals surface area contributed by atoms with Crippen LogP contribution in [0, 0.1) is 0 Å². The number of rotatable bonds is 1. The lowest BCUT2D eigenvalue weighted by Crippen LogP contribution is -2.53. The maximum Gasteiger partial charge on any atom is 0.463 e. The van der Waals surface area contributed by atoms with E-state index < -0.39 is 18.0 Å². The predicted octanol–water partition coefficient (Wildman–Crippen LogP) is 3.16. The molecule has 0 bridgehead atoms. The highest BCUT2D eigenvalue weighted by molar-refractivity contribution is 5.99. The van der Waals surface area contributed by atoms with Crippen LogP contribution in [0.15, 0.2) is 24.3 Å². The summed E-state index contributed by atoms with van der Waals surface area (Å²) in [5.74, 6) is -7.58. The normalized spacial score (nSPS) is 16.2. The number of benzene rings is 1. The number of alkyl halides is 5. The van der Waals surface area contributed by atoms with Crippen LogP contribution in [0.25, 0.3) is 0 Å². The predicted molar refractivity (Wildman–Crippen MR) is 58.1 cm³/mol. The van der Waals surface area contributed by atoms with E-state index in [1.54, 1.807) is 12.1 Å². The molecule has 7 heteroatoms. The Hall–Kier alpha value is -1.66. The minimum atomic E-state index is -5.88. The SMILES string of the molecule is O=C(N1CCCc2ccccc21)C(F)(F)C(F)(F)F. The maximum atomic E-state index is 13.1. The number of anilines is 1. The third kappa shape index (κ3) is 2.29. The summed E-state index contributed by atoms with van der Waals surface area (Å²) in [7, 11) is 0. The largest absolute Gasteiger partial charge is 0.463 e. The van der Waals surface area contributed by atoms with Crippen molar-refractivity contribution in [2.75, 3.05) is 11.4 Å². The van der Waals surface area contributed by atoms with Crippen molar-refractivity contribution in [3.63, 3.8) is 0 Å².